The van der Waals surface area contributed by atoms with Crippen LogP contribution in [0.3, 0.4) is 0 Å². The third-order valence-electron chi connectivity index (χ3n) is 4.36. The van der Waals surface area contributed by atoms with Gasteiger partial charge in [0.25, 0.3) is 0 Å². The van der Waals surface area contributed by atoms with Crippen molar-refractivity contribution in [3.63, 3.8) is 0 Å². The number of furan rings is 1. The van der Waals surface area contributed by atoms with Crippen LogP contribution in [0.1, 0.15) is 51.8 Å². The zero-order valence-electron chi connectivity index (χ0n) is 15.4. The summed E-state index contributed by atoms with van der Waals surface area (Å²) in [5.41, 5.74) is 0. The highest BCUT2D eigenvalue weighted by Crippen LogP contribution is 2.40. The SMILES string of the molecule is CC(=O)NCc1ccc(C(=O)CSc2nnc(C3CC3)n2Cc2ccco2)s1. The second-order valence-electron chi connectivity index (χ2n) is 6.67. The highest BCUT2D eigenvalue weighted by molar-refractivity contribution is 7.99. The molecule has 4 rings (SSSR count). The van der Waals surface area contributed by atoms with Crippen molar-refractivity contribution in [2.75, 3.05) is 5.75 Å². The number of rotatable bonds is 9. The van der Waals surface area contributed by atoms with Crippen molar-refractivity contribution < 1.29 is 14.0 Å². The summed E-state index contributed by atoms with van der Waals surface area (Å²) in [6.45, 7) is 2.50. The number of hydrogen-bond acceptors (Lipinski definition) is 7. The first-order valence-corrected chi connectivity index (χ1v) is 10.8. The summed E-state index contributed by atoms with van der Waals surface area (Å²) in [4.78, 5) is 25.2. The van der Waals surface area contributed by atoms with E-state index in [1.807, 2.05) is 24.3 Å². The maximum atomic E-state index is 12.6. The Labute approximate surface area is 170 Å². The normalized spacial score (nSPS) is 13.6. The molecule has 3 aromatic heterocycles. The van der Waals surface area contributed by atoms with E-state index >= 15 is 0 Å². The molecule has 1 saturated carbocycles. The van der Waals surface area contributed by atoms with Crippen LogP contribution in [0.5, 0.6) is 0 Å². The molecule has 9 heteroatoms. The first kappa shape index (κ1) is 18.9. The van der Waals surface area contributed by atoms with Gasteiger partial charge in [-0.2, -0.15) is 0 Å². The van der Waals surface area contributed by atoms with Crippen LogP contribution < -0.4 is 5.32 Å². The summed E-state index contributed by atoms with van der Waals surface area (Å²) in [7, 11) is 0. The van der Waals surface area contributed by atoms with E-state index < -0.39 is 0 Å². The molecule has 0 spiro atoms. The maximum Gasteiger partial charge on any atom is 0.217 e. The van der Waals surface area contributed by atoms with Gasteiger partial charge in [-0.15, -0.1) is 21.5 Å². The molecule has 0 aliphatic heterocycles. The summed E-state index contributed by atoms with van der Waals surface area (Å²) in [6.07, 6.45) is 3.92. The molecule has 1 N–H and O–H groups in total. The van der Waals surface area contributed by atoms with Gasteiger partial charge in [0.2, 0.25) is 5.91 Å². The van der Waals surface area contributed by atoms with E-state index in [1.54, 1.807) is 6.26 Å². The number of nitrogens with zero attached hydrogens (tertiary/aromatic N) is 3. The Morgan fingerprint density at radius 3 is 2.89 bits per heavy atom. The topological polar surface area (TPSA) is 90.0 Å². The average Bonchev–Trinajstić information content (AvgIpc) is 3.09. The predicted octanol–water partition coefficient (Wildman–Crippen LogP) is 3.47. The van der Waals surface area contributed by atoms with Gasteiger partial charge in [-0.1, -0.05) is 11.8 Å². The zero-order valence-corrected chi connectivity index (χ0v) is 17.0. The van der Waals surface area contributed by atoms with Gasteiger partial charge in [0.05, 0.1) is 30.0 Å². The number of ketones is 1. The highest BCUT2D eigenvalue weighted by Gasteiger charge is 2.31. The second kappa shape index (κ2) is 8.32. The lowest BCUT2D eigenvalue weighted by atomic mass is 10.3. The lowest BCUT2D eigenvalue weighted by Gasteiger charge is -2.07. The van der Waals surface area contributed by atoms with Crippen molar-refractivity contribution in [3.8, 4) is 0 Å². The number of thioether (sulfide) groups is 1. The molecule has 3 heterocycles. The molecule has 1 amide bonds. The van der Waals surface area contributed by atoms with Gasteiger partial charge >= 0.3 is 0 Å². The molecule has 1 fully saturated rings. The van der Waals surface area contributed by atoms with Crippen molar-refractivity contribution in [1.29, 1.82) is 0 Å². The van der Waals surface area contributed by atoms with Crippen LogP contribution in [0, 0.1) is 0 Å². The number of carbonyl (C=O) groups is 2. The number of hydrogen-bond donors (Lipinski definition) is 1. The fraction of sp³-hybridized carbons (Fsp3) is 0.368. The summed E-state index contributed by atoms with van der Waals surface area (Å²) in [5.74, 6) is 2.53. The highest BCUT2D eigenvalue weighted by atomic mass is 32.2. The molecule has 0 atom stereocenters. The van der Waals surface area contributed by atoms with Crippen molar-refractivity contribution in [2.24, 2.45) is 0 Å². The van der Waals surface area contributed by atoms with Gasteiger partial charge in [0, 0.05) is 17.7 Å². The first-order chi connectivity index (χ1) is 13.6. The Bertz CT molecular complexity index is 973. The molecule has 3 aromatic rings. The molecule has 0 saturated heterocycles. The number of amides is 1. The minimum atomic E-state index is -0.0841. The van der Waals surface area contributed by atoms with Crippen molar-refractivity contribution >= 4 is 34.8 Å². The number of Topliss-reactive ketones (excluding diaryl/α,β-unsaturated/α-hetero) is 1. The van der Waals surface area contributed by atoms with E-state index in [9.17, 15) is 9.59 Å². The van der Waals surface area contributed by atoms with Crippen LogP contribution in [0.25, 0.3) is 0 Å². The molecule has 0 bridgehead atoms. The van der Waals surface area contributed by atoms with Gasteiger partial charge < -0.3 is 9.73 Å². The zero-order chi connectivity index (χ0) is 19.5. The summed E-state index contributed by atoms with van der Waals surface area (Å²) in [5, 5.41) is 12.2. The molecule has 0 unspecified atom stereocenters. The smallest absolute Gasteiger partial charge is 0.217 e. The van der Waals surface area contributed by atoms with Crippen LogP contribution in [0.4, 0.5) is 0 Å². The summed E-state index contributed by atoms with van der Waals surface area (Å²) < 4.78 is 7.53. The molecular weight excluding hydrogens is 396 g/mol. The van der Waals surface area contributed by atoms with Gasteiger partial charge in [0.1, 0.15) is 11.6 Å². The largest absolute Gasteiger partial charge is 0.467 e. The van der Waals surface area contributed by atoms with E-state index in [0.29, 0.717) is 29.6 Å². The average molecular weight is 417 g/mol. The molecule has 7 nitrogen and oxygen atoms in total. The van der Waals surface area contributed by atoms with Crippen molar-refractivity contribution in [2.45, 2.75) is 43.9 Å². The number of carbonyl (C=O) groups excluding carboxylic acids is 2. The summed E-state index contributed by atoms with van der Waals surface area (Å²) >= 11 is 2.81. The van der Waals surface area contributed by atoms with E-state index in [4.69, 9.17) is 4.42 Å². The van der Waals surface area contributed by atoms with Crippen LogP contribution in [-0.4, -0.2) is 32.2 Å². The molecule has 0 aromatic carbocycles. The van der Waals surface area contributed by atoms with Crippen LogP contribution in [0.15, 0.2) is 40.1 Å². The molecule has 1 aliphatic rings. The fourth-order valence-electron chi connectivity index (χ4n) is 2.79. The molecule has 1 aliphatic carbocycles. The number of nitrogens with one attached hydrogen (secondary N) is 1. The fourth-order valence-corrected chi connectivity index (χ4v) is 4.60. The maximum absolute atomic E-state index is 12.6. The third-order valence-corrected chi connectivity index (χ3v) is 6.46. The molecular formula is C19H20N4O3S2. The lowest BCUT2D eigenvalue weighted by molar-refractivity contribution is -0.119. The van der Waals surface area contributed by atoms with Gasteiger partial charge in [-0.05, 0) is 37.1 Å². The third kappa shape index (κ3) is 4.53. The van der Waals surface area contributed by atoms with Gasteiger partial charge in [-0.25, -0.2) is 0 Å². The standard InChI is InChI=1S/C19H20N4O3S2/c1-12(24)20-9-15-6-7-17(28-15)16(25)11-27-19-22-21-18(13-4-5-13)23(19)10-14-3-2-8-26-14/h2-3,6-8,13H,4-5,9-11H2,1H3,(H,20,24). The minimum absolute atomic E-state index is 0.0459. The summed E-state index contributed by atoms with van der Waals surface area (Å²) in [6, 6.07) is 7.48. The first-order valence-electron chi connectivity index (χ1n) is 9.05. The molecule has 0 radical (unpaired) electrons. The van der Waals surface area contributed by atoms with Crippen LogP contribution >= 0.6 is 23.1 Å². The van der Waals surface area contributed by atoms with E-state index in [2.05, 4.69) is 20.1 Å². The Morgan fingerprint density at radius 1 is 1.32 bits per heavy atom. The predicted molar refractivity (Wildman–Crippen MR) is 107 cm³/mol. The monoisotopic (exact) mass is 416 g/mol. The lowest BCUT2D eigenvalue weighted by Crippen LogP contribution is -2.18. The van der Waals surface area contributed by atoms with E-state index in [0.717, 1.165) is 34.5 Å². The number of aromatic nitrogens is 3. The minimum Gasteiger partial charge on any atom is -0.467 e. The van der Waals surface area contributed by atoms with Gasteiger partial charge in [-0.3, -0.25) is 14.2 Å². The van der Waals surface area contributed by atoms with Crippen molar-refractivity contribution in [1.82, 2.24) is 20.1 Å². The Balaban J connectivity index is 1.41. The quantitative estimate of drug-likeness (QED) is 0.424. The van der Waals surface area contributed by atoms with Crippen LogP contribution in [0.2, 0.25) is 0 Å². The molecule has 146 valence electrons. The Hall–Kier alpha value is -2.39. The van der Waals surface area contributed by atoms with E-state index in [-0.39, 0.29) is 11.7 Å². The number of thiophene rings is 1. The Morgan fingerprint density at radius 2 is 2.18 bits per heavy atom. The molecule has 28 heavy (non-hydrogen) atoms. The second-order valence-corrected chi connectivity index (χ2v) is 8.78. The van der Waals surface area contributed by atoms with Crippen molar-refractivity contribution in [3.05, 3.63) is 51.9 Å². The van der Waals surface area contributed by atoms with E-state index in [1.165, 1.54) is 30.0 Å². The van der Waals surface area contributed by atoms with Crippen LogP contribution in [-0.2, 0) is 17.9 Å². The van der Waals surface area contributed by atoms with Gasteiger partial charge in [0.15, 0.2) is 10.9 Å². The Kier molecular flexibility index (Phi) is 5.63.